The highest BCUT2D eigenvalue weighted by Crippen LogP contribution is 2.29. The molecule has 0 amide bonds. The second-order valence-corrected chi connectivity index (χ2v) is 7.72. The fraction of sp³-hybridized carbons (Fsp3) is 0.227. The molecule has 0 unspecified atom stereocenters. The number of benzene rings is 2. The molecule has 0 fully saturated rings. The topological polar surface area (TPSA) is 77.9 Å². The monoisotopic (exact) mass is 419 g/mol. The molecule has 8 heteroatoms. The van der Waals surface area contributed by atoms with Gasteiger partial charge >= 0.3 is 0 Å². The normalized spacial score (nSPS) is 11.5. The molecule has 0 saturated heterocycles. The van der Waals surface area contributed by atoms with Gasteiger partial charge in [0.25, 0.3) is 0 Å². The molecule has 3 heterocycles. The predicted molar refractivity (Wildman–Crippen MR) is 119 cm³/mol. The van der Waals surface area contributed by atoms with Crippen molar-refractivity contribution in [2.75, 3.05) is 20.3 Å². The van der Waals surface area contributed by atoms with E-state index in [9.17, 15) is 0 Å². The lowest BCUT2D eigenvalue weighted by atomic mass is 10.2. The van der Waals surface area contributed by atoms with Gasteiger partial charge in [-0.15, -0.1) is 11.3 Å². The zero-order chi connectivity index (χ0) is 20.5. The summed E-state index contributed by atoms with van der Waals surface area (Å²) >= 11 is 1.63. The van der Waals surface area contributed by atoms with Gasteiger partial charge < -0.3 is 19.0 Å². The first kappa shape index (κ1) is 18.8. The molecule has 0 aliphatic carbocycles. The maximum Gasteiger partial charge on any atom is 0.161 e. The Balaban J connectivity index is 1.58. The van der Waals surface area contributed by atoms with E-state index in [1.165, 1.54) is 0 Å². The number of nitrogens with one attached hydrogen (secondary N) is 1. The number of H-pyrrole nitrogens is 1. The lowest BCUT2D eigenvalue weighted by molar-refractivity contribution is 0.188. The fourth-order valence-corrected chi connectivity index (χ4v) is 4.21. The van der Waals surface area contributed by atoms with Gasteiger partial charge in [0, 0.05) is 31.5 Å². The van der Waals surface area contributed by atoms with E-state index in [0.717, 1.165) is 49.9 Å². The highest BCUT2D eigenvalue weighted by Gasteiger charge is 2.17. The minimum atomic E-state index is 0.578. The molecule has 30 heavy (non-hydrogen) atoms. The molecule has 2 aromatic carbocycles. The summed E-state index contributed by atoms with van der Waals surface area (Å²) in [7, 11) is 1.70. The van der Waals surface area contributed by atoms with Crippen LogP contribution in [-0.2, 0) is 11.3 Å². The maximum absolute atomic E-state index is 5.68. The summed E-state index contributed by atoms with van der Waals surface area (Å²) in [5, 5.41) is 0. The molecule has 1 N–H and O–H groups in total. The van der Waals surface area contributed by atoms with Crippen LogP contribution < -0.4 is 4.74 Å². The summed E-state index contributed by atoms with van der Waals surface area (Å²) in [6.45, 7) is 3.85. The van der Waals surface area contributed by atoms with Crippen LogP contribution in [0.5, 0.6) is 5.75 Å². The Kier molecular flexibility index (Phi) is 4.94. The second-order valence-electron chi connectivity index (χ2n) is 6.83. The van der Waals surface area contributed by atoms with Crippen molar-refractivity contribution in [2.24, 2.45) is 0 Å². The fourth-order valence-electron chi connectivity index (χ4n) is 3.55. The molecule has 0 bridgehead atoms. The number of fused-ring (bicyclic) bond motifs is 2. The Bertz CT molecular complexity index is 1320. The van der Waals surface area contributed by atoms with Gasteiger partial charge in [0.2, 0.25) is 0 Å². The quantitative estimate of drug-likeness (QED) is 0.412. The van der Waals surface area contributed by atoms with Crippen LogP contribution in [0.25, 0.3) is 44.2 Å². The average molecular weight is 420 g/mol. The van der Waals surface area contributed by atoms with Crippen molar-refractivity contribution in [3.8, 4) is 28.7 Å². The van der Waals surface area contributed by atoms with Crippen molar-refractivity contribution < 1.29 is 9.47 Å². The van der Waals surface area contributed by atoms with Gasteiger partial charge in [-0.1, -0.05) is 0 Å². The third kappa shape index (κ3) is 3.34. The Morgan fingerprint density at radius 2 is 2.03 bits per heavy atom. The lowest BCUT2D eigenvalue weighted by Gasteiger charge is -2.08. The molecular weight excluding hydrogens is 398 g/mol. The molecule has 0 saturated carbocycles. The van der Waals surface area contributed by atoms with E-state index < -0.39 is 0 Å². The van der Waals surface area contributed by atoms with Crippen LogP contribution in [0.3, 0.4) is 0 Å². The summed E-state index contributed by atoms with van der Waals surface area (Å²) in [5.41, 5.74) is 6.52. The summed E-state index contributed by atoms with van der Waals surface area (Å²) in [6, 6.07) is 12.1. The first-order chi connectivity index (χ1) is 14.8. The zero-order valence-corrected chi connectivity index (χ0v) is 17.6. The van der Waals surface area contributed by atoms with Gasteiger partial charge in [0.15, 0.2) is 5.82 Å². The molecule has 0 atom stereocenters. The number of aromatic amines is 1. The van der Waals surface area contributed by atoms with Crippen LogP contribution in [0, 0.1) is 0 Å². The Morgan fingerprint density at radius 3 is 2.90 bits per heavy atom. The van der Waals surface area contributed by atoms with Crippen molar-refractivity contribution in [2.45, 2.75) is 13.5 Å². The van der Waals surface area contributed by atoms with E-state index in [1.807, 2.05) is 36.8 Å². The Hall–Kier alpha value is -3.23. The van der Waals surface area contributed by atoms with E-state index in [0.29, 0.717) is 19.8 Å². The van der Waals surface area contributed by atoms with Crippen molar-refractivity contribution in [3.63, 3.8) is 0 Å². The highest BCUT2D eigenvalue weighted by atomic mass is 32.1. The van der Waals surface area contributed by atoms with Crippen molar-refractivity contribution in [3.05, 3.63) is 48.1 Å². The Morgan fingerprint density at radius 1 is 1.10 bits per heavy atom. The van der Waals surface area contributed by atoms with Crippen molar-refractivity contribution >= 4 is 32.6 Å². The molecule has 5 rings (SSSR count). The third-order valence-electron chi connectivity index (χ3n) is 4.96. The van der Waals surface area contributed by atoms with Gasteiger partial charge in [-0.2, -0.15) is 0 Å². The average Bonchev–Trinajstić information content (AvgIpc) is 3.49. The first-order valence-electron chi connectivity index (χ1n) is 9.78. The minimum Gasteiger partial charge on any atom is -0.494 e. The summed E-state index contributed by atoms with van der Waals surface area (Å²) in [6.07, 6.45) is 1.90. The molecule has 0 radical (unpaired) electrons. The number of aromatic nitrogens is 5. The third-order valence-corrected chi connectivity index (χ3v) is 5.77. The number of imidazole rings is 2. The molecule has 0 spiro atoms. The zero-order valence-electron chi connectivity index (χ0n) is 16.8. The van der Waals surface area contributed by atoms with Gasteiger partial charge in [-0.25, -0.2) is 15.0 Å². The molecule has 0 aliphatic heterocycles. The Labute approximate surface area is 177 Å². The SMILES string of the molecule is CCOc1ccc2nc(-c3c[nH]c(-c4ccc5scnc5c4)n3)n(CCOC)c2c1. The van der Waals surface area contributed by atoms with Crippen molar-refractivity contribution in [1.29, 1.82) is 0 Å². The summed E-state index contributed by atoms with van der Waals surface area (Å²) in [5.74, 6) is 2.42. The number of methoxy groups -OCH3 is 1. The predicted octanol–water partition coefficient (Wildman–Crippen LogP) is 4.75. The van der Waals surface area contributed by atoms with Gasteiger partial charge in [0.1, 0.15) is 17.3 Å². The number of rotatable bonds is 7. The van der Waals surface area contributed by atoms with Crippen LogP contribution in [0.2, 0.25) is 0 Å². The largest absolute Gasteiger partial charge is 0.494 e. The smallest absolute Gasteiger partial charge is 0.161 e. The van der Waals surface area contributed by atoms with E-state index in [2.05, 4.69) is 32.7 Å². The van der Waals surface area contributed by atoms with Gasteiger partial charge in [0.05, 0.1) is 40.0 Å². The van der Waals surface area contributed by atoms with Gasteiger partial charge in [-0.3, -0.25) is 0 Å². The van der Waals surface area contributed by atoms with Crippen LogP contribution in [0.4, 0.5) is 0 Å². The van der Waals surface area contributed by atoms with Gasteiger partial charge in [-0.05, 0) is 37.3 Å². The molecule has 3 aromatic heterocycles. The van der Waals surface area contributed by atoms with Crippen LogP contribution in [-0.4, -0.2) is 44.8 Å². The molecular formula is C22H21N5O2S. The number of hydrogen-bond acceptors (Lipinski definition) is 6. The lowest BCUT2D eigenvalue weighted by Crippen LogP contribution is -2.06. The van der Waals surface area contributed by atoms with E-state index in [-0.39, 0.29) is 0 Å². The second kappa shape index (κ2) is 7.89. The van der Waals surface area contributed by atoms with E-state index in [4.69, 9.17) is 19.4 Å². The van der Waals surface area contributed by atoms with E-state index >= 15 is 0 Å². The van der Waals surface area contributed by atoms with Crippen molar-refractivity contribution in [1.82, 2.24) is 24.5 Å². The first-order valence-corrected chi connectivity index (χ1v) is 10.7. The number of hydrogen-bond donors (Lipinski definition) is 1. The molecule has 0 aliphatic rings. The summed E-state index contributed by atoms with van der Waals surface area (Å²) in [4.78, 5) is 17.4. The highest BCUT2D eigenvalue weighted by molar-refractivity contribution is 7.16. The van der Waals surface area contributed by atoms with E-state index in [1.54, 1.807) is 18.4 Å². The van der Waals surface area contributed by atoms with Crippen LogP contribution in [0.1, 0.15) is 6.92 Å². The number of nitrogens with zero attached hydrogens (tertiary/aromatic N) is 4. The summed E-state index contributed by atoms with van der Waals surface area (Å²) < 4.78 is 14.3. The molecule has 5 aromatic rings. The van der Waals surface area contributed by atoms with Crippen LogP contribution in [0.15, 0.2) is 48.1 Å². The molecule has 7 nitrogen and oxygen atoms in total. The maximum atomic E-state index is 5.68. The standard InChI is InChI=1S/C22H21N5O2S/c1-3-29-15-5-6-16-19(11-15)27(8-9-28-2)22(26-16)18-12-23-21(25-18)14-4-7-20-17(10-14)24-13-30-20/h4-7,10-13H,3,8-9H2,1-2H3,(H,23,25). The number of ether oxygens (including phenoxy) is 2. The number of thiazole rings is 1. The van der Waals surface area contributed by atoms with Crippen LogP contribution >= 0.6 is 11.3 Å². The molecule has 152 valence electrons. The minimum absolute atomic E-state index is 0.578.